The Morgan fingerprint density at radius 1 is 1.04 bits per heavy atom. The second-order valence-corrected chi connectivity index (χ2v) is 8.34. The molecule has 2 heterocycles. The Morgan fingerprint density at radius 3 is 2.48 bits per heavy atom. The average molecular weight is 358 g/mol. The molecule has 6 nitrogen and oxygen atoms in total. The van der Waals surface area contributed by atoms with Gasteiger partial charge in [-0.15, -0.1) is 0 Å². The molecule has 0 saturated heterocycles. The third-order valence-electron chi connectivity index (χ3n) is 3.98. The van der Waals surface area contributed by atoms with Crippen molar-refractivity contribution in [2.45, 2.75) is 26.4 Å². The highest BCUT2D eigenvalue weighted by Crippen LogP contribution is 2.30. The molecule has 0 bridgehead atoms. The summed E-state index contributed by atoms with van der Waals surface area (Å²) in [5.41, 5.74) is 2.66. The first-order chi connectivity index (χ1) is 12.0. The Balaban J connectivity index is 2.11. The fourth-order valence-electron chi connectivity index (χ4n) is 2.81. The minimum atomic E-state index is -3.06. The van der Waals surface area contributed by atoms with Crippen LogP contribution in [0.4, 0.5) is 0 Å². The van der Waals surface area contributed by atoms with Crippen LogP contribution in [0.3, 0.4) is 0 Å². The van der Waals surface area contributed by atoms with Crippen LogP contribution in [-0.2, 0) is 22.9 Å². The Kier molecular flexibility index (Phi) is 5.03. The quantitative estimate of drug-likeness (QED) is 0.651. The molecule has 0 N–H and O–H groups in total. The summed E-state index contributed by atoms with van der Waals surface area (Å²) in [7, 11) is -3.06. The molecule has 0 fully saturated rings. The highest BCUT2D eigenvalue weighted by molar-refractivity contribution is 7.90. The maximum Gasteiger partial charge on any atom is 0.158 e. The van der Waals surface area contributed by atoms with Gasteiger partial charge in [0.1, 0.15) is 15.5 Å². The van der Waals surface area contributed by atoms with Gasteiger partial charge in [-0.05, 0) is 6.42 Å². The lowest BCUT2D eigenvalue weighted by molar-refractivity contribution is 0.594. The number of rotatable bonds is 7. The normalized spacial score (nSPS) is 11.8. The number of imidazole rings is 2. The molecule has 1 aromatic carbocycles. The Morgan fingerprint density at radius 2 is 1.80 bits per heavy atom. The molecule has 3 aromatic rings. The van der Waals surface area contributed by atoms with E-state index < -0.39 is 9.84 Å². The zero-order valence-electron chi connectivity index (χ0n) is 14.5. The Hall–Kier alpha value is -2.41. The molecule has 0 amide bonds. The van der Waals surface area contributed by atoms with Gasteiger partial charge in [0, 0.05) is 37.3 Å². The maximum absolute atomic E-state index is 11.6. The molecule has 0 radical (unpaired) electrons. The van der Waals surface area contributed by atoms with Crippen molar-refractivity contribution in [1.82, 2.24) is 19.1 Å². The average Bonchev–Trinajstić information content (AvgIpc) is 3.19. The number of aromatic nitrogens is 4. The van der Waals surface area contributed by atoms with E-state index in [0.717, 1.165) is 35.7 Å². The molecule has 0 spiro atoms. The summed E-state index contributed by atoms with van der Waals surface area (Å²) < 4.78 is 27.2. The molecule has 0 aliphatic heterocycles. The van der Waals surface area contributed by atoms with Gasteiger partial charge < -0.3 is 9.13 Å². The molecule has 3 rings (SSSR count). The van der Waals surface area contributed by atoms with E-state index in [-0.39, 0.29) is 5.75 Å². The Bertz CT molecular complexity index is 943. The first-order valence-electron chi connectivity index (χ1n) is 8.29. The summed E-state index contributed by atoms with van der Waals surface area (Å²) >= 11 is 0. The van der Waals surface area contributed by atoms with Crippen molar-refractivity contribution in [3.63, 3.8) is 0 Å². The van der Waals surface area contributed by atoms with Crippen LogP contribution in [0.15, 0.2) is 49.1 Å². The smallest absolute Gasteiger partial charge is 0.158 e. The molecule has 0 unspecified atom stereocenters. The van der Waals surface area contributed by atoms with Crippen molar-refractivity contribution in [2.24, 2.45) is 0 Å². The highest BCUT2D eigenvalue weighted by atomic mass is 32.2. The summed E-state index contributed by atoms with van der Waals surface area (Å²) in [4.78, 5) is 9.08. The third kappa shape index (κ3) is 3.99. The number of aryl methyl sites for hydroxylation is 2. The van der Waals surface area contributed by atoms with Crippen molar-refractivity contribution in [3.8, 4) is 22.8 Å². The van der Waals surface area contributed by atoms with Crippen molar-refractivity contribution in [3.05, 3.63) is 49.1 Å². The van der Waals surface area contributed by atoms with E-state index in [0.29, 0.717) is 6.54 Å². The van der Waals surface area contributed by atoms with Crippen LogP contribution in [0.2, 0.25) is 0 Å². The summed E-state index contributed by atoms with van der Waals surface area (Å²) in [5.74, 6) is 0.880. The van der Waals surface area contributed by atoms with Crippen molar-refractivity contribution >= 4 is 9.84 Å². The maximum atomic E-state index is 11.6. The minimum Gasteiger partial charge on any atom is -0.330 e. The molecule has 0 aliphatic rings. The van der Waals surface area contributed by atoms with Gasteiger partial charge in [-0.1, -0.05) is 37.3 Å². The van der Waals surface area contributed by atoms with Crippen molar-refractivity contribution in [2.75, 3.05) is 12.0 Å². The molecule has 132 valence electrons. The van der Waals surface area contributed by atoms with Crippen LogP contribution in [0.25, 0.3) is 22.8 Å². The van der Waals surface area contributed by atoms with Crippen molar-refractivity contribution < 1.29 is 8.42 Å². The first kappa shape index (κ1) is 17.4. The fraction of sp³-hybridized carbons (Fsp3) is 0.333. The molecule has 25 heavy (non-hydrogen) atoms. The second-order valence-electron chi connectivity index (χ2n) is 6.08. The van der Waals surface area contributed by atoms with Crippen molar-refractivity contribution in [1.29, 1.82) is 0 Å². The minimum absolute atomic E-state index is 0.0685. The lowest BCUT2D eigenvalue weighted by Gasteiger charge is -2.12. The third-order valence-corrected chi connectivity index (χ3v) is 4.90. The highest BCUT2D eigenvalue weighted by Gasteiger charge is 2.19. The largest absolute Gasteiger partial charge is 0.330 e. The van der Waals surface area contributed by atoms with E-state index in [1.165, 1.54) is 6.26 Å². The van der Waals surface area contributed by atoms with Crippen LogP contribution < -0.4 is 0 Å². The number of benzene rings is 1. The second kappa shape index (κ2) is 7.23. The molecular weight excluding hydrogens is 336 g/mol. The number of nitrogens with zero attached hydrogens (tertiary/aromatic N) is 4. The van der Waals surface area contributed by atoms with Gasteiger partial charge in [-0.2, -0.15) is 0 Å². The lowest BCUT2D eigenvalue weighted by Crippen LogP contribution is -2.12. The number of hydrogen-bond acceptors (Lipinski definition) is 4. The van der Waals surface area contributed by atoms with Gasteiger partial charge in [-0.25, -0.2) is 18.4 Å². The fourth-order valence-corrected chi connectivity index (χ4v) is 3.33. The summed E-state index contributed by atoms with van der Waals surface area (Å²) in [6.45, 7) is 3.32. The van der Waals surface area contributed by atoms with E-state index in [1.807, 2.05) is 41.1 Å². The predicted molar refractivity (Wildman–Crippen MR) is 98.9 cm³/mol. The monoisotopic (exact) mass is 358 g/mol. The molecule has 2 aromatic heterocycles. The topological polar surface area (TPSA) is 69.8 Å². The molecule has 0 saturated carbocycles. The lowest BCUT2D eigenvalue weighted by atomic mass is 10.1. The molecule has 7 heteroatoms. The van der Waals surface area contributed by atoms with Gasteiger partial charge in [0.05, 0.1) is 17.8 Å². The summed E-state index contributed by atoms with van der Waals surface area (Å²) in [5, 5.41) is 0. The van der Waals surface area contributed by atoms with E-state index in [9.17, 15) is 8.42 Å². The van der Waals surface area contributed by atoms with E-state index in [4.69, 9.17) is 0 Å². The van der Waals surface area contributed by atoms with E-state index >= 15 is 0 Å². The molecular formula is C18H22N4O2S. The van der Waals surface area contributed by atoms with E-state index in [2.05, 4.69) is 21.5 Å². The van der Waals surface area contributed by atoms with Crippen LogP contribution >= 0.6 is 0 Å². The molecule has 0 aliphatic carbocycles. The van der Waals surface area contributed by atoms with Crippen LogP contribution in [0, 0.1) is 0 Å². The van der Waals surface area contributed by atoms with Gasteiger partial charge in [0.15, 0.2) is 5.82 Å². The van der Waals surface area contributed by atoms with Gasteiger partial charge in [0.2, 0.25) is 0 Å². The van der Waals surface area contributed by atoms with Crippen LogP contribution in [0.5, 0.6) is 0 Å². The van der Waals surface area contributed by atoms with Crippen LogP contribution in [0.1, 0.15) is 13.3 Å². The SMILES string of the molecule is CCCn1ccnc1-c1c(-c2ccccc2)ncn1CCS(C)(=O)=O. The summed E-state index contributed by atoms with van der Waals surface area (Å²) in [6, 6.07) is 9.89. The van der Waals surface area contributed by atoms with Gasteiger partial charge in [-0.3, -0.25) is 0 Å². The van der Waals surface area contributed by atoms with Gasteiger partial charge in [0.25, 0.3) is 0 Å². The van der Waals surface area contributed by atoms with E-state index in [1.54, 1.807) is 12.5 Å². The summed E-state index contributed by atoms with van der Waals surface area (Å²) in [6.07, 6.45) is 7.66. The predicted octanol–water partition coefficient (Wildman–Crippen LogP) is 2.87. The first-order valence-corrected chi connectivity index (χ1v) is 10.4. The standard InChI is InChI=1S/C18H22N4O2S/c1-3-10-21-11-9-19-18(21)17-16(15-7-5-4-6-8-15)20-14-22(17)12-13-25(2,23)24/h4-9,11,14H,3,10,12-13H2,1-2H3. The number of hydrogen-bond donors (Lipinski definition) is 0. The zero-order chi connectivity index (χ0) is 17.9. The number of sulfone groups is 1. The van der Waals surface area contributed by atoms with Crippen LogP contribution in [-0.4, -0.2) is 39.5 Å². The molecule has 0 atom stereocenters. The Labute approximate surface area is 148 Å². The van der Waals surface area contributed by atoms with Gasteiger partial charge >= 0.3 is 0 Å². The zero-order valence-corrected chi connectivity index (χ0v) is 15.3.